The molecule has 6 amide bonds. The number of carboxylic acids is 1. The summed E-state index contributed by atoms with van der Waals surface area (Å²) in [6.07, 6.45) is 3.90. The highest BCUT2D eigenvalue weighted by Gasteiger charge is 2.27. The number of nitrogens with zero attached hydrogens (tertiary/aromatic N) is 12. The number of ether oxygens (including phenoxy) is 9. The van der Waals surface area contributed by atoms with Crippen molar-refractivity contribution in [3.8, 4) is 84.4 Å². The Bertz CT molecular complexity index is 6780. The Balaban J connectivity index is 0.000000195. The van der Waals surface area contributed by atoms with E-state index in [0.29, 0.717) is 99.1 Å². The maximum atomic E-state index is 13.2. The zero-order valence-corrected chi connectivity index (χ0v) is 88.8. The van der Waals surface area contributed by atoms with Crippen LogP contribution in [0.4, 0.5) is 38.0 Å². The van der Waals surface area contributed by atoms with E-state index >= 15 is 0 Å². The van der Waals surface area contributed by atoms with Crippen molar-refractivity contribution in [1.29, 1.82) is 0 Å². The first-order chi connectivity index (χ1) is 67.2. The molecule has 39 heteroatoms. The van der Waals surface area contributed by atoms with E-state index in [-0.39, 0.29) is 62.4 Å². The van der Waals surface area contributed by atoms with Crippen molar-refractivity contribution in [2.45, 2.75) is 64.8 Å². The molecule has 742 valence electrons. The molecule has 8 aromatic carbocycles. The third-order valence-electron chi connectivity index (χ3n) is 21.5. The monoisotopic (exact) mass is 2180 g/mol. The number of amides is 6. The largest absolute Gasteiger partial charge is 0.496 e. The van der Waals surface area contributed by atoms with Crippen LogP contribution in [-0.4, -0.2) is 259 Å². The highest BCUT2D eigenvalue weighted by molar-refractivity contribution is 14.1. The molecule has 0 fully saturated rings. The minimum Gasteiger partial charge on any atom is -0.496 e. The Morgan fingerprint density at radius 3 is 1.14 bits per heavy atom. The highest BCUT2D eigenvalue weighted by Crippen LogP contribution is 2.41. The van der Waals surface area contributed by atoms with E-state index in [4.69, 9.17) is 85.1 Å². The summed E-state index contributed by atoms with van der Waals surface area (Å²) in [7, 11) is 18.9. The van der Waals surface area contributed by atoms with Crippen molar-refractivity contribution in [3.63, 3.8) is 0 Å². The number of aromatic carboxylic acids is 1. The van der Waals surface area contributed by atoms with Crippen LogP contribution in [0.25, 0.3) is 100 Å². The maximum Gasteiger partial charge on any atom is 0.411 e. The molecule has 35 nitrogen and oxygen atoms in total. The zero-order valence-electron chi connectivity index (χ0n) is 82.5. The van der Waals surface area contributed by atoms with Crippen LogP contribution in [0.3, 0.4) is 0 Å². The van der Waals surface area contributed by atoms with Gasteiger partial charge < -0.3 is 84.5 Å². The zero-order chi connectivity index (χ0) is 103. The molecule has 0 aliphatic heterocycles. The standard InChI is InChI=1S/C32H41N5O6Si.C28H35N5O3Si.C26H27N5O5.C9H11IN2O.C7H6INO2/c1-36(2)31(38)25-18-22(12-13-27(25)34-32(39)43-15-14-40-3)23-19-26-29(24-10-8-9-11-28(24)41-4)35-37(30(26)33-20-23)21-42-16-17-44(5,6)7;1-32(2)28(34)22-15-19(11-12-24(22)29)20-16-23-26(21-9-7-8-10-25(21)35-3)31-33(27(23)30-17-20)18-36-13-14-37(4,5)6;1-31(2)25(32)19-13-16(9-10-21(19)28-26(33)36-12-11-34-3)17-14-20-23(29-30-24(20)27-15-17)18-7-5-6-8-22(18)35-4;1-12(2)9(13)7-5-6(10)3-4-8(7)11;8-4-1-2-6(9)5(3-4)7(10)11/h8-13,18-20H,14-17,21H2,1-7H3,(H,34,39);7-12,15-17H,13-14,18,29H2,1-6H3;5-10,13-15H,11-12H2,1-4H3,(H,28,33)(H,27,29,30);3-5H,11H2,1-2H3;1-3H,9H2,(H,10,11). The van der Waals surface area contributed by atoms with Crippen molar-refractivity contribution >= 4 is 165 Å². The summed E-state index contributed by atoms with van der Waals surface area (Å²) in [4.78, 5) is 105. The number of methoxy groups -OCH3 is 5. The third-order valence-corrected chi connectivity index (χ3v) is 26.3. The molecule has 0 bridgehead atoms. The van der Waals surface area contributed by atoms with E-state index in [9.17, 15) is 33.6 Å². The number of para-hydroxylation sites is 3. The number of hydrogen-bond donors (Lipinski definition) is 7. The van der Waals surface area contributed by atoms with Crippen LogP contribution in [0, 0.1) is 7.14 Å². The van der Waals surface area contributed by atoms with Gasteiger partial charge in [0, 0.05) is 192 Å². The quantitative estimate of drug-likeness (QED) is 0.00891. The Labute approximate surface area is 848 Å². The number of nitrogens with one attached hydrogen (secondary N) is 3. The average Bonchev–Trinajstić information content (AvgIpc) is 1.62. The molecule has 0 aliphatic rings. The molecule has 0 atom stereocenters. The van der Waals surface area contributed by atoms with Gasteiger partial charge in [-0.05, 0) is 201 Å². The molecular formula is C102H120I2N18O17Si2. The normalized spacial score (nSPS) is 11.0. The van der Waals surface area contributed by atoms with Gasteiger partial charge in [-0.3, -0.25) is 34.9 Å². The summed E-state index contributed by atoms with van der Waals surface area (Å²) in [6.45, 7) is 16.6. The van der Waals surface area contributed by atoms with Gasteiger partial charge in [-0.2, -0.15) is 15.3 Å². The van der Waals surface area contributed by atoms with Gasteiger partial charge in [-0.1, -0.05) is 93.9 Å². The number of fused-ring (bicyclic) bond motifs is 3. The van der Waals surface area contributed by atoms with Crippen molar-refractivity contribution in [2.75, 3.05) is 159 Å². The molecule has 6 aromatic heterocycles. The topological polar surface area (TPSA) is 441 Å². The van der Waals surface area contributed by atoms with Crippen molar-refractivity contribution < 1.29 is 81.3 Å². The number of carbonyl (C=O) groups excluding carboxylic acids is 6. The van der Waals surface area contributed by atoms with Crippen molar-refractivity contribution in [2.24, 2.45) is 0 Å². The fraction of sp³-hybridized carbons (Fsp3) is 0.284. The number of benzene rings is 8. The maximum absolute atomic E-state index is 13.2. The molecule has 0 unspecified atom stereocenters. The fourth-order valence-electron chi connectivity index (χ4n) is 13.9. The van der Waals surface area contributed by atoms with Crippen LogP contribution in [0.5, 0.6) is 17.2 Å². The number of nitrogen functional groups attached to an aromatic ring is 3. The van der Waals surface area contributed by atoms with Gasteiger partial charge in [-0.25, -0.2) is 38.7 Å². The molecular weight excluding hydrogens is 2060 g/mol. The number of halogens is 2. The van der Waals surface area contributed by atoms with Crippen molar-refractivity contribution in [1.82, 2.24) is 64.3 Å². The van der Waals surface area contributed by atoms with Gasteiger partial charge in [0.1, 0.15) is 55.3 Å². The Morgan fingerprint density at radius 2 is 0.752 bits per heavy atom. The highest BCUT2D eigenvalue weighted by atomic mass is 127. The molecule has 14 aromatic rings. The molecule has 0 spiro atoms. The lowest BCUT2D eigenvalue weighted by molar-refractivity contribution is 0.0695. The second-order valence-electron chi connectivity index (χ2n) is 35.3. The number of hydrogen-bond acceptors (Lipinski definition) is 25. The van der Waals surface area contributed by atoms with E-state index in [1.807, 2.05) is 144 Å². The number of aromatic nitrogens is 9. The van der Waals surface area contributed by atoms with E-state index in [0.717, 1.165) is 108 Å². The summed E-state index contributed by atoms with van der Waals surface area (Å²) in [5.74, 6) is 0.395. The third kappa shape index (κ3) is 29.6. The summed E-state index contributed by atoms with van der Waals surface area (Å²) >= 11 is 4.19. The number of H-pyrrole nitrogens is 1. The van der Waals surface area contributed by atoms with Crippen LogP contribution in [0.2, 0.25) is 51.4 Å². The number of carbonyl (C=O) groups is 7. The second kappa shape index (κ2) is 50.8. The molecule has 141 heavy (non-hydrogen) atoms. The van der Waals surface area contributed by atoms with Crippen LogP contribution >= 0.6 is 45.2 Å². The lowest BCUT2D eigenvalue weighted by Gasteiger charge is -2.16. The number of anilines is 5. The first-order valence-corrected chi connectivity index (χ1v) is 54.1. The van der Waals surface area contributed by atoms with Crippen LogP contribution in [0.15, 0.2) is 201 Å². The second-order valence-corrected chi connectivity index (χ2v) is 49.0. The van der Waals surface area contributed by atoms with Gasteiger partial charge in [0.2, 0.25) is 0 Å². The minimum absolute atomic E-state index is 0.0592. The summed E-state index contributed by atoms with van der Waals surface area (Å²) in [5, 5.41) is 33.6. The summed E-state index contributed by atoms with van der Waals surface area (Å²) in [5.41, 5.74) is 32.5. The van der Waals surface area contributed by atoms with Gasteiger partial charge in [0.25, 0.3) is 23.6 Å². The SMILES string of the molecule is CN(C)C(=O)c1cc(I)ccc1N.COCCOC(=O)Nc1ccc(-c2cnc3c(c2)c(-c2ccccc2OC)nn3COCC[Si](C)(C)C)cc1C(=O)N(C)C.COCCOC(=O)Nc1ccc(-c2cnc3n[nH]c(-c4ccccc4OC)c3c2)cc1C(=O)N(C)C.COc1ccccc1-c1nn(COCC[Si](C)(C)C)c2ncc(-c3ccc(N)c(C(=O)N(C)C)c3)cc12.Nc1ccc(I)cc1C(=O)O. The lowest BCUT2D eigenvalue weighted by Crippen LogP contribution is -2.24. The van der Waals surface area contributed by atoms with Crippen LogP contribution in [-0.2, 0) is 41.9 Å². The van der Waals surface area contributed by atoms with E-state index in [1.165, 1.54) is 39.9 Å². The van der Waals surface area contributed by atoms with Gasteiger partial charge >= 0.3 is 18.2 Å². The average molecular weight is 2180 g/mol. The Morgan fingerprint density at radius 1 is 0.404 bits per heavy atom. The molecule has 0 saturated carbocycles. The first kappa shape index (κ1) is 109. The Kier molecular flexibility index (Phi) is 39.3. The van der Waals surface area contributed by atoms with E-state index in [1.54, 1.807) is 160 Å². The van der Waals surface area contributed by atoms with Crippen LogP contribution in [0.1, 0.15) is 51.8 Å². The Hall–Kier alpha value is -14.0. The fourth-order valence-corrected chi connectivity index (χ4v) is 16.4. The summed E-state index contributed by atoms with van der Waals surface area (Å²) in [6, 6.07) is 57.5. The summed E-state index contributed by atoms with van der Waals surface area (Å²) < 4.78 is 54.3. The predicted molar refractivity (Wildman–Crippen MR) is 574 cm³/mol. The van der Waals surface area contributed by atoms with Crippen molar-refractivity contribution in [3.05, 3.63) is 236 Å². The minimum atomic E-state index is -1.24. The predicted octanol–water partition coefficient (Wildman–Crippen LogP) is 18.7. The molecule has 10 N–H and O–H groups in total. The van der Waals surface area contributed by atoms with Gasteiger partial charge in [-0.15, -0.1) is 0 Å². The van der Waals surface area contributed by atoms with Gasteiger partial charge in [0.05, 0.1) is 79.4 Å². The molecule has 0 saturated heterocycles. The number of carboxylic acid groups (broad SMARTS) is 1. The van der Waals surface area contributed by atoms with Crippen LogP contribution < -0.4 is 42.0 Å². The number of pyridine rings is 3. The molecule has 6 heterocycles. The van der Waals surface area contributed by atoms with Gasteiger partial charge in [0.15, 0.2) is 16.9 Å². The smallest absolute Gasteiger partial charge is 0.411 e. The number of nitrogens with two attached hydrogens (primary N) is 3. The number of rotatable bonds is 32. The molecule has 14 rings (SSSR count). The number of aromatic amines is 1. The molecule has 0 aliphatic carbocycles. The first-order valence-electron chi connectivity index (χ1n) is 44.5. The van der Waals surface area contributed by atoms with E-state index < -0.39 is 34.3 Å². The molecule has 0 radical (unpaired) electrons. The van der Waals surface area contributed by atoms with E-state index in [2.05, 4.69) is 87.7 Å². The lowest BCUT2D eigenvalue weighted by atomic mass is 10.0.